The van der Waals surface area contributed by atoms with Gasteiger partial charge in [0.2, 0.25) is 0 Å². The van der Waals surface area contributed by atoms with E-state index in [0.717, 1.165) is 6.07 Å². The number of rotatable bonds is 3. The number of benzene rings is 2. The van der Waals surface area contributed by atoms with Gasteiger partial charge >= 0.3 is 12.2 Å². The number of primary amides is 1. The summed E-state index contributed by atoms with van der Waals surface area (Å²) in [6.07, 6.45) is -4.50. The van der Waals surface area contributed by atoms with E-state index >= 15 is 0 Å². The lowest BCUT2D eigenvalue weighted by molar-refractivity contribution is -0.138. The molecule has 2 rings (SSSR count). The summed E-state index contributed by atoms with van der Waals surface area (Å²) in [5, 5.41) is 4.71. The molecule has 0 saturated carbocycles. The maximum atomic E-state index is 12.9. The average molecular weight is 337 g/mol. The number of anilines is 2. The predicted octanol–water partition coefficient (Wildman–Crippen LogP) is 3.76. The first kappa shape index (κ1) is 17.3. The van der Waals surface area contributed by atoms with Gasteiger partial charge in [-0.25, -0.2) is 4.79 Å². The molecule has 0 aliphatic rings. The lowest BCUT2D eigenvalue weighted by Crippen LogP contribution is -2.20. The zero-order valence-electron chi connectivity index (χ0n) is 12.6. The van der Waals surface area contributed by atoms with Crippen LogP contribution in [0.1, 0.15) is 21.5 Å². The first-order valence-electron chi connectivity index (χ1n) is 6.82. The Labute approximate surface area is 135 Å². The highest BCUT2D eigenvalue weighted by Crippen LogP contribution is 2.33. The van der Waals surface area contributed by atoms with Gasteiger partial charge in [0.1, 0.15) is 0 Å². The lowest BCUT2D eigenvalue weighted by atomic mass is 10.1. The quantitative estimate of drug-likeness (QED) is 0.797. The molecule has 2 aromatic carbocycles. The first-order valence-corrected chi connectivity index (χ1v) is 6.82. The molecule has 0 aliphatic carbocycles. The van der Waals surface area contributed by atoms with Crippen molar-refractivity contribution >= 4 is 23.3 Å². The van der Waals surface area contributed by atoms with Crippen LogP contribution in [0.15, 0.2) is 42.5 Å². The van der Waals surface area contributed by atoms with Gasteiger partial charge in [-0.2, -0.15) is 13.2 Å². The minimum Gasteiger partial charge on any atom is -0.351 e. The fourth-order valence-electron chi connectivity index (χ4n) is 2.09. The van der Waals surface area contributed by atoms with Crippen LogP contribution in [-0.4, -0.2) is 11.9 Å². The Morgan fingerprint density at radius 3 is 2.29 bits per heavy atom. The number of nitrogens with one attached hydrogen (secondary N) is 2. The number of hydrogen-bond donors (Lipinski definition) is 3. The number of halogens is 3. The van der Waals surface area contributed by atoms with Gasteiger partial charge in [0.15, 0.2) is 0 Å². The van der Waals surface area contributed by atoms with Crippen molar-refractivity contribution < 1.29 is 22.8 Å². The van der Waals surface area contributed by atoms with Gasteiger partial charge in [0.25, 0.3) is 5.91 Å². The molecule has 0 aliphatic heterocycles. The Morgan fingerprint density at radius 2 is 1.67 bits per heavy atom. The summed E-state index contributed by atoms with van der Waals surface area (Å²) < 4.78 is 38.7. The Balaban J connectivity index is 2.23. The maximum absolute atomic E-state index is 12.9. The summed E-state index contributed by atoms with van der Waals surface area (Å²) >= 11 is 0. The molecule has 0 heterocycles. The molecule has 0 atom stereocenters. The second kappa shape index (κ2) is 6.61. The highest BCUT2D eigenvalue weighted by atomic mass is 19.4. The highest BCUT2D eigenvalue weighted by Gasteiger charge is 2.32. The maximum Gasteiger partial charge on any atom is 0.416 e. The highest BCUT2D eigenvalue weighted by molar-refractivity contribution is 6.05. The number of hydrogen-bond acceptors (Lipinski definition) is 2. The number of carbonyl (C=O) groups excluding carboxylic acids is 2. The van der Waals surface area contributed by atoms with Crippen molar-refractivity contribution in [1.29, 1.82) is 0 Å². The molecule has 0 saturated heterocycles. The molecular weight excluding hydrogens is 323 g/mol. The second-order valence-electron chi connectivity index (χ2n) is 5.05. The number of aryl methyl sites for hydroxylation is 1. The van der Waals surface area contributed by atoms with Gasteiger partial charge in [-0.05, 0) is 42.8 Å². The summed E-state index contributed by atoms with van der Waals surface area (Å²) in [4.78, 5) is 23.0. The van der Waals surface area contributed by atoms with Crippen molar-refractivity contribution in [1.82, 2.24) is 0 Å². The van der Waals surface area contributed by atoms with Crippen LogP contribution in [0, 0.1) is 6.92 Å². The smallest absolute Gasteiger partial charge is 0.351 e. The SMILES string of the molecule is Cc1ccc(NC(=O)c2cccc(NC(N)=O)c2)cc1C(F)(F)F. The normalized spacial score (nSPS) is 11.0. The van der Waals surface area contributed by atoms with Crippen molar-refractivity contribution in [2.75, 3.05) is 10.6 Å². The minimum atomic E-state index is -4.50. The van der Waals surface area contributed by atoms with Crippen molar-refractivity contribution in [3.05, 3.63) is 59.2 Å². The third-order valence-electron chi connectivity index (χ3n) is 3.19. The fraction of sp³-hybridized carbons (Fsp3) is 0.125. The first-order chi connectivity index (χ1) is 11.2. The number of amides is 3. The van der Waals surface area contributed by atoms with E-state index in [4.69, 9.17) is 5.73 Å². The van der Waals surface area contributed by atoms with Crippen LogP contribution in [0.25, 0.3) is 0 Å². The van der Waals surface area contributed by atoms with Crippen LogP contribution in [0.4, 0.5) is 29.3 Å². The standard InChI is InChI=1S/C16H14F3N3O2/c1-9-5-6-12(8-13(9)16(17,18)19)21-14(23)10-3-2-4-11(7-10)22-15(20)24/h2-8H,1H3,(H,21,23)(H3,20,22,24). The van der Waals surface area contributed by atoms with E-state index in [-0.39, 0.29) is 16.8 Å². The molecule has 0 fully saturated rings. The van der Waals surface area contributed by atoms with Gasteiger partial charge in [-0.3, -0.25) is 4.79 Å². The molecule has 0 aromatic heterocycles. The summed E-state index contributed by atoms with van der Waals surface area (Å²) in [6, 6.07) is 8.60. The molecule has 5 nitrogen and oxygen atoms in total. The molecule has 0 radical (unpaired) electrons. The van der Waals surface area contributed by atoms with Crippen LogP contribution >= 0.6 is 0 Å². The molecule has 126 valence electrons. The second-order valence-corrected chi connectivity index (χ2v) is 5.05. The minimum absolute atomic E-state index is 0.0196. The van der Waals surface area contributed by atoms with Crippen LogP contribution in [0.3, 0.4) is 0 Å². The molecule has 2 aromatic rings. The Bertz CT molecular complexity index is 788. The Morgan fingerprint density at radius 1 is 1.00 bits per heavy atom. The molecule has 0 spiro atoms. The van der Waals surface area contributed by atoms with E-state index in [1.54, 1.807) is 0 Å². The summed E-state index contributed by atoms with van der Waals surface area (Å²) in [6.45, 7) is 1.34. The predicted molar refractivity (Wildman–Crippen MR) is 83.8 cm³/mol. The van der Waals surface area contributed by atoms with Gasteiger partial charge in [0, 0.05) is 16.9 Å². The zero-order chi connectivity index (χ0) is 17.9. The van der Waals surface area contributed by atoms with Crippen molar-refractivity contribution in [3.63, 3.8) is 0 Å². The molecule has 0 unspecified atom stereocenters. The van der Waals surface area contributed by atoms with Crippen molar-refractivity contribution in [2.24, 2.45) is 5.73 Å². The molecule has 8 heteroatoms. The monoisotopic (exact) mass is 337 g/mol. The van der Waals surface area contributed by atoms with Gasteiger partial charge in [-0.1, -0.05) is 12.1 Å². The molecular formula is C16H14F3N3O2. The topological polar surface area (TPSA) is 84.2 Å². The van der Waals surface area contributed by atoms with E-state index in [9.17, 15) is 22.8 Å². The molecule has 24 heavy (non-hydrogen) atoms. The van der Waals surface area contributed by atoms with E-state index in [1.807, 2.05) is 0 Å². The van der Waals surface area contributed by atoms with Crippen LogP contribution in [0.5, 0.6) is 0 Å². The lowest BCUT2D eigenvalue weighted by Gasteiger charge is -2.13. The Hall–Kier alpha value is -3.03. The van der Waals surface area contributed by atoms with Crippen LogP contribution in [-0.2, 0) is 6.18 Å². The van der Waals surface area contributed by atoms with Crippen LogP contribution in [0.2, 0.25) is 0 Å². The molecule has 3 amide bonds. The Kier molecular flexibility index (Phi) is 4.77. The average Bonchev–Trinajstić information content (AvgIpc) is 2.47. The summed E-state index contributed by atoms with van der Waals surface area (Å²) in [7, 11) is 0. The van der Waals surface area contributed by atoms with Crippen LogP contribution < -0.4 is 16.4 Å². The summed E-state index contributed by atoms with van der Waals surface area (Å²) in [5.41, 5.74) is 4.72. The van der Waals surface area contributed by atoms with E-state index in [1.165, 1.54) is 43.3 Å². The van der Waals surface area contributed by atoms with Gasteiger partial charge < -0.3 is 16.4 Å². The van der Waals surface area contributed by atoms with E-state index in [2.05, 4.69) is 10.6 Å². The largest absolute Gasteiger partial charge is 0.416 e. The van der Waals surface area contributed by atoms with Gasteiger partial charge in [-0.15, -0.1) is 0 Å². The number of urea groups is 1. The fourth-order valence-corrected chi connectivity index (χ4v) is 2.09. The van der Waals surface area contributed by atoms with E-state index < -0.39 is 23.7 Å². The van der Waals surface area contributed by atoms with Crippen molar-refractivity contribution in [2.45, 2.75) is 13.1 Å². The third-order valence-corrected chi connectivity index (χ3v) is 3.19. The van der Waals surface area contributed by atoms with Crippen molar-refractivity contribution in [3.8, 4) is 0 Å². The number of alkyl halides is 3. The van der Waals surface area contributed by atoms with Gasteiger partial charge in [0.05, 0.1) is 5.56 Å². The number of carbonyl (C=O) groups is 2. The third kappa shape index (κ3) is 4.25. The summed E-state index contributed by atoms with van der Waals surface area (Å²) in [5.74, 6) is -0.611. The molecule has 4 N–H and O–H groups in total. The molecule has 0 bridgehead atoms. The van der Waals surface area contributed by atoms with E-state index in [0.29, 0.717) is 5.69 Å². The number of nitrogens with two attached hydrogens (primary N) is 1. The zero-order valence-corrected chi connectivity index (χ0v) is 12.6.